The lowest BCUT2D eigenvalue weighted by Crippen LogP contribution is -2.09. The molecule has 4 nitrogen and oxygen atoms in total. The number of aromatic nitrogens is 2. The molecular formula is C9H14N2O2. The zero-order valence-electron chi connectivity index (χ0n) is 8.33. The molecule has 0 radical (unpaired) electrons. The lowest BCUT2D eigenvalue weighted by atomic mass is 10.00. The highest BCUT2D eigenvalue weighted by Crippen LogP contribution is 2.22. The molecule has 1 heterocycles. The number of carboxylic acid groups (broad SMARTS) is 1. The van der Waals surface area contributed by atoms with Gasteiger partial charge >= 0.3 is 5.97 Å². The van der Waals surface area contributed by atoms with Crippen LogP contribution in [-0.4, -0.2) is 20.9 Å². The van der Waals surface area contributed by atoms with Crippen molar-refractivity contribution in [3.05, 3.63) is 17.0 Å². The minimum absolute atomic E-state index is 0.478. The largest absolute Gasteiger partial charge is 0.481 e. The van der Waals surface area contributed by atoms with E-state index < -0.39 is 11.9 Å². The third-order valence-electron chi connectivity index (χ3n) is 2.37. The molecule has 1 rings (SSSR count). The normalized spacial score (nSPS) is 12.9. The van der Waals surface area contributed by atoms with Crippen LogP contribution in [-0.2, 0) is 11.8 Å². The van der Waals surface area contributed by atoms with Crippen molar-refractivity contribution in [2.45, 2.75) is 26.7 Å². The van der Waals surface area contributed by atoms with Crippen LogP contribution in [0.15, 0.2) is 0 Å². The number of nitrogens with zero attached hydrogens (tertiary/aromatic N) is 2. The highest BCUT2D eigenvalue weighted by Gasteiger charge is 2.21. The summed E-state index contributed by atoms with van der Waals surface area (Å²) in [6.07, 6.45) is 0. The van der Waals surface area contributed by atoms with Gasteiger partial charge in [-0.1, -0.05) is 0 Å². The minimum atomic E-state index is -0.806. The number of carbonyl (C=O) groups is 1. The van der Waals surface area contributed by atoms with Gasteiger partial charge < -0.3 is 5.11 Å². The van der Waals surface area contributed by atoms with Crippen LogP contribution in [0.5, 0.6) is 0 Å². The number of rotatable bonds is 2. The summed E-state index contributed by atoms with van der Waals surface area (Å²) in [6, 6.07) is 0. The first-order valence-corrected chi connectivity index (χ1v) is 4.18. The maximum atomic E-state index is 10.8. The summed E-state index contributed by atoms with van der Waals surface area (Å²) in [6.45, 7) is 5.40. The Kier molecular flexibility index (Phi) is 2.40. The molecule has 13 heavy (non-hydrogen) atoms. The van der Waals surface area contributed by atoms with Crippen molar-refractivity contribution in [3.8, 4) is 0 Å². The number of aliphatic carboxylic acids is 1. The van der Waals surface area contributed by atoms with E-state index >= 15 is 0 Å². The van der Waals surface area contributed by atoms with Crippen LogP contribution in [0.3, 0.4) is 0 Å². The molecule has 1 aromatic heterocycles. The second kappa shape index (κ2) is 3.20. The summed E-state index contributed by atoms with van der Waals surface area (Å²) < 4.78 is 1.71. The Labute approximate surface area is 77.2 Å². The van der Waals surface area contributed by atoms with Crippen LogP contribution >= 0.6 is 0 Å². The summed E-state index contributed by atoms with van der Waals surface area (Å²) in [5.74, 6) is -1.28. The monoisotopic (exact) mass is 182 g/mol. The molecule has 0 amide bonds. The van der Waals surface area contributed by atoms with Crippen molar-refractivity contribution >= 4 is 5.97 Å². The molecular weight excluding hydrogens is 168 g/mol. The molecule has 0 saturated heterocycles. The first-order valence-electron chi connectivity index (χ1n) is 4.18. The zero-order chi connectivity index (χ0) is 10.2. The van der Waals surface area contributed by atoms with Gasteiger partial charge in [0.1, 0.15) is 0 Å². The SMILES string of the molecule is Cc1nn(C)c(C)c1C(C)C(=O)O. The molecule has 0 aliphatic heterocycles. The Bertz CT molecular complexity index is 342. The predicted octanol–water partition coefficient (Wildman–Crippen LogP) is 1.23. The van der Waals surface area contributed by atoms with E-state index in [4.69, 9.17) is 5.11 Å². The minimum Gasteiger partial charge on any atom is -0.481 e. The van der Waals surface area contributed by atoms with Gasteiger partial charge in [-0.3, -0.25) is 9.48 Å². The van der Waals surface area contributed by atoms with Gasteiger partial charge in [0, 0.05) is 18.3 Å². The predicted molar refractivity (Wildman–Crippen MR) is 48.7 cm³/mol. The van der Waals surface area contributed by atoms with Crippen LogP contribution in [0.4, 0.5) is 0 Å². The van der Waals surface area contributed by atoms with E-state index in [0.29, 0.717) is 0 Å². The van der Waals surface area contributed by atoms with Crippen molar-refractivity contribution in [3.63, 3.8) is 0 Å². The van der Waals surface area contributed by atoms with Gasteiger partial charge in [0.2, 0.25) is 0 Å². The summed E-state index contributed by atoms with van der Waals surface area (Å²) in [5, 5.41) is 13.0. The van der Waals surface area contributed by atoms with Gasteiger partial charge in [-0.05, 0) is 20.8 Å². The van der Waals surface area contributed by atoms with Gasteiger partial charge in [-0.2, -0.15) is 5.10 Å². The van der Waals surface area contributed by atoms with E-state index in [2.05, 4.69) is 5.10 Å². The first-order chi connectivity index (χ1) is 5.95. The zero-order valence-corrected chi connectivity index (χ0v) is 8.33. The van der Waals surface area contributed by atoms with Gasteiger partial charge in [0.25, 0.3) is 0 Å². The quantitative estimate of drug-likeness (QED) is 0.748. The molecule has 1 aromatic rings. The summed E-state index contributed by atoms with van der Waals surface area (Å²) in [7, 11) is 1.82. The highest BCUT2D eigenvalue weighted by molar-refractivity contribution is 5.76. The van der Waals surface area contributed by atoms with E-state index in [1.54, 1.807) is 11.6 Å². The van der Waals surface area contributed by atoms with Crippen molar-refractivity contribution in [1.29, 1.82) is 0 Å². The Morgan fingerprint density at radius 1 is 1.54 bits per heavy atom. The molecule has 4 heteroatoms. The van der Waals surface area contributed by atoms with Crippen LogP contribution in [0.1, 0.15) is 29.8 Å². The first kappa shape index (κ1) is 9.77. The molecule has 0 fully saturated rings. The van der Waals surface area contributed by atoms with Crippen molar-refractivity contribution in [2.75, 3.05) is 0 Å². The number of carboxylic acids is 1. The lowest BCUT2D eigenvalue weighted by Gasteiger charge is -2.06. The Morgan fingerprint density at radius 2 is 2.08 bits per heavy atom. The summed E-state index contributed by atoms with van der Waals surface area (Å²) in [5.41, 5.74) is 2.55. The van der Waals surface area contributed by atoms with Gasteiger partial charge in [0.15, 0.2) is 0 Å². The third-order valence-corrected chi connectivity index (χ3v) is 2.37. The third kappa shape index (κ3) is 1.56. The highest BCUT2D eigenvalue weighted by atomic mass is 16.4. The summed E-state index contributed by atoms with van der Waals surface area (Å²) in [4.78, 5) is 10.8. The van der Waals surface area contributed by atoms with Crippen LogP contribution in [0, 0.1) is 13.8 Å². The van der Waals surface area contributed by atoms with Gasteiger partial charge in [-0.15, -0.1) is 0 Å². The smallest absolute Gasteiger partial charge is 0.310 e. The Hall–Kier alpha value is -1.32. The fourth-order valence-corrected chi connectivity index (χ4v) is 1.54. The van der Waals surface area contributed by atoms with Gasteiger partial charge in [0.05, 0.1) is 11.6 Å². The molecule has 1 unspecified atom stereocenters. The van der Waals surface area contributed by atoms with E-state index in [-0.39, 0.29) is 0 Å². The standard InChI is InChI=1S/C9H14N2O2/c1-5(9(12)13)8-6(2)10-11(4)7(8)3/h5H,1-4H3,(H,12,13). The molecule has 0 spiro atoms. The Morgan fingerprint density at radius 3 is 2.38 bits per heavy atom. The van der Waals surface area contributed by atoms with E-state index in [1.807, 2.05) is 20.9 Å². The number of aryl methyl sites for hydroxylation is 2. The second-order valence-electron chi connectivity index (χ2n) is 3.27. The molecule has 72 valence electrons. The number of hydrogen-bond donors (Lipinski definition) is 1. The Balaban J connectivity index is 3.20. The topological polar surface area (TPSA) is 55.1 Å². The second-order valence-corrected chi connectivity index (χ2v) is 3.27. The molecule has 1 N–H and O–H groups in total. The maximum absolute atomic E-state index is 10.8. The van der Waals surface area contributed by atoms with E-state index in [1.165, 1.54) is 0 Å². The average Bonchev–Trinajstić information content (AvgIpc) is 2.26. The fraction of sp³-hybridized carbons (Fsp3) is 0.556. The number of hydrogen-bond acceptors (Lipinski definition) is 2. The molecule has 0 aliphatic carbocycles. The van der Waals surface area contributed by atoms with Crippen molar-refractivity contribution < 1.29 is 9.90 Å². The van der Waals surface area contributed by atoms with E-state index in [0.717, 1.165) is 17.0 Å². The summed E-state index contributed by atoms with van der Waals surface area (Å²) >= 11 is 0. The van der Waals surface area contributed by atoms with Crippen LogP contribution < -0.4 is 0 Å². The molecule has 0 bridgehead atoms. The molecule has 1 atom stereocenters. The van der Waals surface area contributed by atoms with Crippen molar-refractivity contribution in [1.82, 2.24) is 9.78 Å². The molecule has 0 aromatic carbocycles. The fourth-order valence-electron chi connectivity index (χ4n) is 1.54. The van der Waals surface area contributed by atoms with Crippen molar-refractivity contribution in [2.24, 2.45) is 7.05 Å². The van der Waals surface area contributed by atoms with E-state index in [9.17, 15) is 4.79 Å². The van der Waals surface area contributed by atoms with Crippen LogP contribution in [0.2, 0.25) is 0 Å². The van der Waals surface area contributed by atoms with Gasteiger partial charge in [-0.25, -0.2) is 0 Å². The molecule has 0 aliphatic rings. The lowest BCUT2D eigenvalue weighted by molar-refractivity contribution is -0.138. The maximum Gasteiger partial charge on any atom is 0.310 e. The van der Waals surface area contributed by atoms with Crippen LogP contribution in [0.25, 0.3) is 0 Å². The molecule has 0 saturated carbocycles. The average molecular weight is 182 g/mol.